The number of hydrogen-bond donors (Lipinski definition) is 2. The molecule has 0 aliphatic carbocycles. The lowest BCUT2D eigenvalue weighted by Gasteiger charge is -2.21. The molecule has 0 unspecified atom stereocenters. The third-order valence-electron chi connectivity index (χ3n) is 3.42. The molecule has 5 heteroatoms. The molecule has 0 aromatic carbocycles. The van der Waals surface area contributed by atoms with E-state index in [-0.39, 0.29) is 11.8 Å². The van der Waals surface area contributed by atoms with Crippen molar-refractivity contribution in [1.82, 2.24) is 15.6 Å². The summed E-state index contributed by atoms with van der Waals surface area (Å²) >= 11 is 1.73. The fraction of sp³-hybridized carbons (Fsp3) is 0.692. The van der Waals surface area contributed by atoms with Crippen LogP contribution in [0.1, 0.15) is 28.4 Å². The molecule has 1 amide bonds. The lowest BCUT2D eigenvalue weighted by molar-refractivity contribution is -0.125. The summed E-state index contributed by atoms with van der Waals surface area (Å²) in [6.45, 7) is 6.74. The van der Waals surface area contributed by atoms with E-state index in [0.717, 1.165) is 43.1 Å². The van der Waals surface area contributed by atoms with Crippen molar-refractivity contribution in [2.45, 2.75) is 33.1 Å². The highest BCUT2D eigenvalue weighted by Gasteiger charge is 2.20. The molecule has 1 fully saturated rings. The van der Waals surface area contributed by atoms with Crippen LogP contribution in [0.4, 0.5) is 0 Å². The van der Waals surface area contributed by atoms with Gasteiger partial charge < -0.3 is 10.6 Å². The molecule has 1 aromatic rings. The molecule has 0 saturated carbocycles. The number of aromatic nitrogens is 1. The maximum absolute atomic E-state index is 11.9. The average molecular weight is 267 g/mol. The van der Waals surface area contributed by atoms with E-state index in [4.69, 9.17) is 0 Å². The predicted octanol–water partition coefficient (Wildman–Crippen LogP) is 1.42. The Labute approximate surface area is 112 Å². The van der Waals surface area contributed by atoms with E-state index in [2.05, 4.69) is 22.5 Å². The summed E-state index contributed by atoms with van der Waals surface area (Å²) in [5, 5.41) is 7.42. The van der Waals surface area contributed by atoms with Crippen LogP contribution < -0.4 is 10.6 Å². The molecule has 1 aromatic heterocycles. The molecule has 18 heavy (non-hydrogen) atoms. The van der Waals surface area contributed by atoms with Gasteiger partial charge in [-0.3, -0.25) is 4.79 Å². The van der Waals surface area contributed by atoms with Crippen LogP contribution in [0.2, 0.25) is 0 Å². The van der Waals surface area contributed by atoms with E-state index in [1.54, 1.807) is 11.3 Å². The first-order valence-corrected chi connectivity index (χ1v) is 7.40. The Morgan fingerprint density at radius 2 is 2.17 bits per heavy atom. The van der Waals surface area contributed by atoms with Gasteiger partial charge in [0.2, 0.25) is 5.91 Å². The first kappa shape index (κ1) is 13.5. The number of thiazole rings is 1. The summed E-state index contributed by atoms with van der Waals surface area (Å²) in [6.07, 6.45) is 2.76. The first-order valence-electron chi connectivity index (χ1n) is 6.58. The van der Waals surface area contributed by atoms with Crippen molar-refractivity contribution in [2.24, 2.45) is 5.92 Å². The number of nitrogens with zero attached hydrogens (tertiary/aromatic N) is 1. The number of carbonyl (C=O) groups excluding carboxylic acids is 1. The van der Waals surface area contributed by atoms with E-state index in [1.807, 2.05) is 6.92 Å². The number of nitrogens with one attached hydrogen (secondary N) is 2. The van der Waals surface area contributed by atoms with Gasteiger partial charge in [0.15, 0.2) is 0 Å². The van der Waals surface area contributed by atoms with Crippen LogP contribution in [0.25, 0.3) is 0 Å². The molecule has 0 atom stereocenters. The summed E-state index contributed by atoms with van der Waals surface area (Å²) in [7, 11) is 0. The molecule has 100 valence electrons. The minimum atomic E-state index is 0.200. The van der Waals surface area contributed by atoms with E-state index < -0.39 is 0 Å². The van der Waals surface area contributed by atoms with Gasteiger partial charge in [-0.25, -0.2) is 4.98 Å². The van der Waals surface area contributed by atoms with E-state index in [9.17, 15) is 4.79 Å². The normalized spacial score (nSPS) is 16.8. The second kappa shape index (κ2) is 6.29. The van der Waals surface area contributed by atoms with Gasteiger partial charge in [0.05, 0.1) is 10.7 Å². The second-order valence-electron chi connectivity index (χ2n) is 4.81. The lowest BCUT2D eigenvalue weighted by Crippen LogP contribution is -2.38. The molecule has 2 N–H and O–H groups in total. The molecule has 0 radical (unpaired) electrons. The molecular weight excluding hydrogens is 246 g/mol. The van der Waals surface area contributed by atoms with Crippen molar-refractivity contribution in [3.05, 3.63) is 15.6 Å². The number of rotatable bonds is 4. The summed E-state index contributed by atoms with van der Waals surface area (Å²) in [4.78, 5) is 17.7. The Morgan fingerprint density at radius 3 is 2.78 bits per heavy atom. The molecule has 1 aliphatic rings. The SMILES string of the molecule is Cc1nc(CCNC(=O)C2CCNCC2)sc1C. The topological polar surface area (TPSA) is 54.0 Å². The lowest BCUT2D eigenvalue weighted by atomic mass is 9.97. The van der Waals surface area contributed by atoms with Gasteiger partial charge in [-0.05, 0) is 39.8 Å². The zero-order valence-electron chi connectivity index (χ0n) is 11.1. The van der Waals surface area contributed by atoms with Crippen LogP contribution in [0.15, 0.2) is 0 Å². The zero-order chi connectivity index (χ0) is 13.0. The maximum atomic E-state index is 11.9. The van der Waals surface area contributed by atoms with Gasteiger partial charge in [-0.15, -0.1) is 11.3 Å². The van der Waals surface area contributed by atoms with E-state index in [1.165, 1.54) is 4.88 Å². The Bertz CT molecular complexity index is 391. The van der Waals surface area contributed by atoms with Crippen molar-refractivity contribution in [3.8, 4) is 0 Å². The van der Waals surface area contributed by atoms with Crippen LogP contribution in [-0.2, 0) is 11.2 Å². The second-order valence-corrected chi connectivity index (χ2v) is 6.10. The van der Waals surface area contributed by atoms with Crippen molar-refractivity contribution < 1.29 is 4.79 Å². The summed E-state index contributed by atoms with van der Waals surface area (Å²) in [5.41, 5.74) is 1.11. The predicted molar refractivity (Wildman–Crippen MR) is 73.9 cm³/mol. The zero-order valence-corrected chi connectivity index (χ0v) is 11.9. The molecule has 0 spiro atoms. The molecular formula is C13H21N3OS. The molecule has 2 heterocycles. The van der Waals surface area contributed by atoms with Gasteiger partial charge in [0, 0.05) is 23.8 Å². The van der Waals surface area contributed by atoms with Gasteiger partial charge in [0.1, 0.15) is 0 Å². The summed E-state index contributed by atoms with van der Waals surface area (Å²) < 4.78 is 0. The number of amides is 1. The molecule has 1 aliphatic heterocycles. The van der Waals surface area contributed by atoms with E-state index in [0.29, 0.717) is 6.54 Å². The Morgan fingerprint density at radius 1 is 1.44 bits per heavy atom. The van der Waals surface area contributed by atoms with Crippen LogP contribution >= 0.6 is 11.3 Å². The van der Waals surface area contributed by atoms with Gasteiger partial charge in [-0.1, -0.05) is 0 Å². The minimum Gasteiger partial charge on any atom is -0.355 e. The fourth-order valence-corrected chi connectivity index (χ4v) is 3.10. The van der Waals surface area contributed by atoms with Crippen LogP contribution in [0, 0.1) is 19.8 Å². The fourth-order valence-electron chi connectivity index (χ4n) is 2.17. The van der Waals surface area contributed by atoms with Crippen molar-refractivity contribution in [1.29, 1.82) is 0 Å². The monoisotopic (exact) mass is 267 g/mol. The average Bonchev–Trinajstić information content (AvgIpc) is 2.69. The standard InChI is InChI=1S/C13H21N3OS/c1-9-10(2)18-12(16-9)5-8-15-13(17)11-3-6-14-7-4-11/h11,14H,3-8H2,1-2H3,(H,15,17). The van der Waals surface area contributed by atoms with E-state index >= 15 is 0 Å². The number of aryl methyl sites for hydroxylation is 2. The molecule has 0 bridgehead atoms. The highest BCUT2D eigenvalue weighted by molar-refractivity contribution is 7.11. The Hall–Kier alpha value is -0.940. The number of piperidine rings is 1. The maximum Gasteiger partial charge on any atom is 0.223 e. The highest BCUT2D eigenvalue weighted by atomic mass is 32.1. The smallest absolute Gasteiger partial charge is 0.223 e. The van der Waals surface area contributed by atoms with Crippen molar-refractivity contribution in [2.75, 3.05) is 19.6 Å². The van der Waals surface area contributed by atoms with Crippen LogP contribution in [0.3, 0.4) is 0 Å². The van der Waals surface area contributed by atoms with Gasteiger partial charge in [0.25, 0.3) is 0 Å². The molecule has 2 rings (SSSR count). The third kappa shape index (κ3) is 3.53. The number of carbonyl (C=O) groups is 1. The third-order valence-corrected chi connectivity index (χ3v) is 4.55. The first-order chi connectivity index (χ1) is 8.66. The number of hydrogen-bond acceptors (Lipinski definition) is 4. The molecule has 1 saturated heterocycles. The Kier molecular flexibility index (Phi) is 4.72. The largest absolute Gasteiger partial charge is 0.355 e. The summed E-state index contributed by atoms with van der Waals surface area (Å²) in [6, 6.07) is 0. The van der Waals surface area contributed by atoms with Gasteiger partial charge >= 0.3 is 0 Å². The van der Waals surface area contributed by atoms with Crippen LogP contribution in [0.5, 0.6) is 0 Å². The van der Waals surface area contributed by atoms with Crippen molar-refractivity contribution in [3.63, 3.8) is 0 Å². The quantitative estimate of drug-likeness (QED) is 0.867. The Balaban J connectivity index is 1.72. The minimum absolute atomic E-state index is 0.200. The summed E-state index contributed by atoms with van der Waals surface area (Å²) in [5.74, 6) is 0.410. The van der Waals surface area contributed by atoms with Gasteiger partial charge in [-0.2, -0.15) is 0 Å². The highest BCUT2D eigenvalue weighted by Crippen LogP contribution is 2.16. The molecule has 4 nitrogen and oxygen atoms in total. The van der Waals surface area contributed by atoms with Crippen LogP contribution in [-0.4, -0.2) is 30.5 Å². The van der Waals surface area contributed by atoms with Crippen molar-refractivity contribution >= 4 is 17.2 Å².